The maximum Gasteiger partial charge on any atom is 1.00 e. The summed E-state index contributed by atoms with van der Waals surface area (Å²) in [4.78, 5) is 23.1. The van der Waals surface area contributed by atoms with Gasteiger partial charge < -0.3 is 28.9 Å². The molecule has 0 aliphatic carbocycles. The van der Waals surface area contributed by atoms with Gasteiger partial charge in [-0.05, 0) is 43.2 Å². The van der Waals surface area contributed by atoms with E-state index in [1.165, 1.54) is 12.1 Å². The molecule has 0 spiro atoms. The van der Waals surface area contributed by atoms with Gasteiger partial charge in [-0.25, -0.2) is 0 Å². The molecule has 1 heterocycles. The summed E-state index contributed by atoms with van der Waals surface area (Å²) in [6, 6.07) is 11.2. The number of ether oxygens (including phenoxy) is 2. The van der Waals surface area contributed by atoms with Crippen molar-refractivity contribution in [1.29, 1.82) is 0 Å². The van der Waals surface area contributed by atoms with Gasteiger partial charge in [0.1, 0.15) is 47.8 Å². The Hall–Kier alpha value is -2.32. The summed E-state index contributed by atoms with van der Waals surface area (Å²) < 4.78 is 16.3. The van der Waals surface area contributed by atoms with Crippen molar-refractivity contribution >= 4 is 16.9 Å². The molecule has 0 fully saturated rings. The molecular weight excluding hydrogens is 387 g/mol. The number of hydrogen-bond acceptors (Lipinski definition) is 7. The number of rotatable bonds is 7. The minimum absolute atomic E-state index is 0. The first-order valence-corrected chi connectivity index (χ1v) is 8.64. The van der Waals surface area contributed by atoms with Gasteiger partial charge in [-0.15, -0.1) is 0 Å². The topological polar surface area (TPSA) is 109 Å². The van der Waals surface area contributed by atoms with E-state index in [2.05, 4.69) is 0 Å². The molecule has 7 nitrogen and oxygen atoms in total. The van der Waals surface area contributed by atoms with E-state index >= 15 is 0 Å². The summed E-state index contributed by atoms with van der Waals surface area (Å²) in [7, 11) is 0. The maximum absolute atomic E-state index is 12.2. The number of carbonyl (C=O) groups excluding carboxylic acids is 1. The molecule has 1 unspecified atom stereocenters. The second-order valence-electron chi connectivity index (χ2n) is 6.44. The van der Waals surface area contributed by atoms with Crippen molar-refractivity contribution in [3.63, 3.8) is 0 Å². The van der Waals surface area contributed by atoms with Crippen LogP contribution in [0.3, 0.4) is 0 Å². The first-order chi connectivity index (χ1) is 13.3. The molecule has 8 heteroatoms. The van der Waals surface area contributed by atoms with Crippen LogP contribution in [-0.2, 0) is 0 Å². The summed E-state index contributed by atoms with van der Waals surface area (Å²) in [5.74, 6) is -1.28. The van der Waals surface area contributed by atoms with Crippen LogP contribution in [0.1, 0.15) is 21.7 Å². The average Bonchev–Trinajstić information content (AvgIpc) is 2.66. The van der Waals surface area contributed by atoms with E-state index in [0.717, 1.165) is 17.2 Å². The molecule has 1 aromatic heterocycles. The van der Waals surface area contributed by atoms with E-state index in [1.807, 2.05) is 32.0 Å². The molecule has 3 rings (SSSR count). The van der Waals surface area contributed by atoms with Gasteiger partial charge in [-0.3, -0.25) is 4.79 Å². The summed E-state index contributed by atoms with van der Waals surface area (Å²) in [6.45, 7) is 3.75. The quantitative estimate of drug-likeness (QED) is 0.481. The van der Waals surface area contributed by atoms with Gasteiger partial charge in [0.2, 0.25) is 0 Å². The van der Waals surface area contributed by atoms with Gasteiger partial charge >= 0.3 is 29.6 Å². The van der Waals surface area contributed by atoms with Crippen molar-refractivity contribution in [1.82, 2.24) is 0 Å². The predicted molar refractivity (Wildman–Crippen MR) is 99.7 cm³/mol. The third kappa shape index (κ3) is 5.61. The number of aliphatic hydroxyl groups is 1. The number of aryl methyl sites for hydroxylation is 2. The number of hydrogen-bond donors (Lipinski definition) is 1. The van der Waals surface area contributed by atoms with Crippen LogP contribution in [0.15, 0.2) is 51.7 Å². The molecule has 0 saturated heterocycles. The SMILES string of the molecule is Cc1ccc(C)c(OCC(O)COc2cccc3oc(C(=O)[O-])cc(=O)c23)c1.[Na+]. The van der Waals surface area contributed by atoms with Crippen LogP contribution < -0.4 is 49.6 Å². The molecule has 0 bridgehead atoms. The fourth-order valence-corrected chi connectivity index (χ4v) is 2.68. The van der Waals surface area contributed by atoms with Crippen LogP contribution in [0.25, 0.3) is 11.0 Å². The van der Waals surface area contributed by atoms with Crippen molar-refractivity contribution in [2.75, 3.05) is 13.2 Å². The number of benzene rings is 2. The second-order valence-corrected chi connectivity index (χ2v) is 6.44. The Morgan fingerprint density at radius 2 is 1.79 bits per heavy atom. The Labute approximate surface area is 189 Å². The molecule has 3 aromatic rings. The first-order valence-electron chi connectivity index (χ1n) is 8.64. The van der Waals surface area contributed by atoms with E-state index in [0.29, 0.717) is 5.75 Å². The molecule has 1 atom stereocenters. The molecule has 0 amide bonds. The summed E-state index contributed by atoms with van der Waals surface area (Å²) >= 11 is 0. The van der Waals surface area contributed by atoms with Crippen LogP contribution in [0.2, 0.25) is 0 Å². The van der Waals surface area contributed by atoms with Crippen molar-refractivity contribution in [3.05, 3.63) is 69.6 Å². The fraction of sp³-hybridized carbons (Fsp3) is 0.238. The monoisotopic (exact) mass is 406 g/mol. The van der Waals surface area contributed by atoms with Crippen LogP contribution in [-0.4, -0.2) is 30.4 Å². The molecular formula is C21H19NaO7. The molecule has 0 radical (unpaired) electrons. The largest absolute Gasteiger partial charge is 1.00 e. The zero-order valence-electron chi connectivity index (χ0n) is 16.4. The number of carbonyl (C=O) groups is 1. The third-order valence-electron chi connectivity index (χ3n) is 4.12. The normalized spacial score (nSPS) is 11.6. The molecule has 1 N–H and O–H groups in total. The third-order valence-corrected chi connectivity index (χ3v) is 4.12. The van der Waals surface area contributed by atoms with Gasteiger partial charge in [0, 0.05) is 6.07 Å². The Balaban J connectivity index is 0.00000300. The minimum Gasteiger partial charge on any atom is -0.542 e. The van der Waals surface area contributed by atoms with Crippen molar-refractivity contribution in [3.8, 4) is 11.5 Å². The van der Waals surface area contributed by atoms with Gasteiger partial charge in [0.15, 0.2) is 11.2 Å². The number of carboxylic acid groups (broad SMARTS) is 1. The van der Waals surface area contributed by atoms with Gasteiger partial charge in [0.05, 0.1) is 0 Å². The van der Waals surface area contributed by atoms with Gasteiger partial charge in [-0.1, -0.05) is 18.2 Å². The van der Waals surface area contributed by atoms with Crippen LogP contribution in [0.4, 0.5) is 0 Å². The molecule has 0 aliphatic heterocycles. The molecule has 0 aliphatic rings. The smallest absolute Gasteiger partial charge is 0.542 e. The van der Waals surface area contributed by atoms with E-state index in [-0.39, 0.29) is 59.5 Å². The van der Waals surface area contributed by atoms with Crippen LogP contribution >= 0.6 is 0 Å². The van der Waals surface area contributed by atoms with E-state index in [4.69, 9.17) is 13.9 Å². The summed E-state index contributed by atoms with van der Waals surface area (Å²) in [5.41, 5.74) is 1.49. The molecule has 146 valence electrons. The Bertz CT molecular complexity index is 1070. The first kappa shape index (κ1) is 23.0. The zero-order chi connectivity index (χ0) is 20.3. The predicted octanol–water partition coefficient (Wildman–Crippen LogP) is -1.40. The van der Waals surface area contributed by atoms with E-state index in [1.54, 1.807) is 6.07 Å². The number of fused-ring (bicyclic) bond motifs is 1. The van der Waals surface area contributed by atoms with Gasteiger partial charge in [-0.2, -0.15) is 0 Å². The van der Waals surface area contributed by atoms with Crippen molar-refractivity contribution < 1.29 is 58.5 Å². The maximum atomic E-state index is 12.2. The summed E-state index contributed by atoms with van der Waals surface area (Å²) in [5, 5.41) is 21.2. The van der Waals surface area contributed by atoms with E-state index < -0.39 is 23.3 Å². The average molecular weight is 406 g/mol. The molecule has 0 saturated carbocycles. The Kier molecular flexibility index (Phi) is 7.87. The molecule has 2 aromatic carbocycles. The number of aliphatic hydroxyl groups excluding tert-OH is 1. The van der Waals surface area contributed by atoms with Crippen LogP contribution in [0.5, 0.6) is 11.5 Å². The van der Waals surface area contributed by atoms with Gasteiger partial charge in [0.25, 0.3) is 0 Å². The number of aromatic carboxylic acids is 1. The number of carboxylic acids is 1. The second kappa shape index (κ2) is 9.93. The fourth-order valence-electron chi connectivity index (χ4n) is 2.68. The van der Waals surface area contributed by atoms with Crippen LogP contribution in [0, 0.1) is 13.8 Å². The Morgan fingerprint density at radius 3 is 2.48 bits per heavy atom. The standard InChI is InChI=1S/C21H20O7.Na/c1-12-6-7-13(2)18(8-12)27-11-14(22)10-26-16-4-3-5-17-20(16)15(23)9-19(28-17)21(24)25;/h3-9,14,22H,10-11H2,1-2H3,(H,24,25);/q;+1/p-1. The zero-order valence-corrected chi connectivity index (χ0v) is 18.4. The minimum atomic E-state index is -1.58. The van der Waals surface area contributed by atoms with E-state index in [9.17, 15) is 19.8 Å². The molecule has 29 heavy (non-hydrogen) atoms. The van der Waals surface area contributed by atoms with Crippen molar-refractivity contribution in [2.45, 2.75) is 20.0 Å². The summed E-state index contributed by atoms with van der Waals surface area (Å²) in [6.07, 6.45) is -0.940. The Morgan fingerprint density at radius 1 is 1.10 bits per heavy atom. The van der Waals surface area contributed by atoms with Crippen molar-refractivity contribution in [2.24, 2.45) is 0 Å².